The molecule has 48 heavy (non-hydrogen) atoms. The molecular weight excluding hydrogens is 606 g/mol. The highest BCUT2D eigenvalue weighted by Crippen LogP contribution is 2.17. The zero-order valence-electron chi connectivity index (χ0n) is 32.0. The maximum atomic E-state index is 14.0. The number of alkyl halides is 2. The van der Waals surface area contributed by atoms with Crippen LogP contribution in [0.15, 0.2) is 0 Å². The first-order valence-electron chi connectivity index (χ1n) is 21.2. The minimum Gasteiger partial charge on any atom is -0.431 e. The van der Waals surface area contributed by atoms with Crippen LogP contribution in [0.25, 0.3) is 0 Å². The van der Waals surface area contributed by atoms with E-state index < -0.39 is 24.7 Å². The lowest BCUT2D eigenvalue weighted by Crippen LogP contribution is -2.13. The van der Waals surface area contributed by atoms with Gasteiger partial charge in [-0.25, -0.2) is 8.78 Å². The zero-order chi connectivity index (χ0) is 35.2. The first-order chi connectivity index (χ1) is 23.5. The number of carbonyl (C=O) groups excluding carboxylic acids is 2. The summed E-state index contributed by atoms with van der Waals surface area (Å²) in [5.74, 6) is -0.890. The Bertz CT molecular complexity index is 618. The first kappa shape index (κ1) is 46.8. The monoisotopic (exact) mass is 687 g/mol. The Morgan fingerprint density at radius 2 is 0.562 bits per heavy atom. The van der Waals surface area contributed by atoms with Crippen molar-refractivity contribution >= 4 is 11.9 Å². The number of esters is 2. The average Bonchev–Trinajstić information content (AvgIpc) is 3.06. The summed E-state index contributed by atoms with van der Waals surface area (Å²) >= 11 is 0. The maximum Gasteiger partial charge on any atom is 0.308 e. The van der Waals surface area contributed by atoms with E-state index in [-0.39, 0.29) is 12.8 Å². The molecule has 0 aliphatic rings. The number of halogens is 2. The Labute approximate surface area is 297 Å². The van der Waals surface area contributed by atoms with E-state index in [1.54, 1.807) is 0 Å². The van der Waals surface area contributed by atoms with Crippen LogP contribution in [0.1, 0.15) is 245 Å². The molecule has 0 fully saturated rings. The Morgan fingerprint density at radius 3 is 0.812 bits per heavy atom. The molecule has 0 bridgehead atoms. The third-order valence-electron chi connectivity index (χ3n) is 9.60. The van der Waals surface area contributed by atoms with Crippen molar-refractivity contribution in [2.75, 3.05) is 0 Å². The van der Waals surface area contributed by atoms with Gasteiger partial charge in [0.05, 0.1) is 0 Å². The first-order valence-corrected chi connectivity index (χ1v) is 21.2. The van der Waals surface area contributed by atoms with Crippen LogP contribution >= 0.6 is 0 Å². The van der Waals surface area contributed by atoms with Gasteiger partial charge in [-0.2, -0.15) is 0 Å². The number of ether oxygens (including phenoxy) is 2. The van der Waals surface area contributed by atoms with Crippen LogP contribution in [0.4, 0.5) is 8.78 Å². The molecule has 2 unspecified atom stereocenters. The van der Waals surface area contributed by atoms with Gasteiger partial charge in [0.15, 0.2) is 0 Å². The Balaban J connectivity index is 3.43. The molecule has 0 N–H and O–H groups in total. The molecule has 0 aliphatic carbocycles. The standard InChI is InChI=1S/C42H80F2O4/c1-3-5-7-9-11-13-15-17-19-21-23-27-31-35-39(43)47-41(45)37-33-29-25-26-30-34-38-42(46)48-40(44)36-32-28-24-22-20-18-16-14-12-10-8-6-4-2/h39-40H,3-38H2,1-2H3. The number of carbonyl (C=O) groups is 2. The van der Waals surface area contributed by atoms with Crippen LogP contribution in [0.3, 0.4) is 0 Å². The summed E-state index contributed by atoms with van der Waals surface area (Å²) in [4.78, 5) is 23.9. The van der Waals surface area contributed by atoms with Crippen molar-refractivity contribution in [1.82, 2.24) is 0 Å². The molecule has 0 spiro atoms. The lowest BCUT2D eigenvalue weighted by atomic mass is 10.0. The minimum absolute atomic E-state index is 0.252. The molecule has 4 nitrogen and oxygen atoms in total. The van der Waals surface area contributed by atoms with Gasteiger partial charge < -0.3 is 9.47 Å². The molecule has 0 saturated heterocycles. The van der Waals surface area contributed by atoms with Crippen LogP contribution in [-0.4, -0.2) is 24.7 Å². The van der Waals surface area contributed by atoms with Crippen molar-refractivity contribution in [2.45, 2.75) is 258 Å². The normalized spacial score (nSPS) is 12.7. The van der Waals surface area contributed by atoms with E-state index in [1.165, 1.54) is 128 Å². The van der Waals surface area contributed by atoms with Gasteiger partial charge in [-0.05, 0) is 25.7 Å². The van der Waals surface area contributed by atoms with E-state index in [2.05, 4.69) is 13.8 Å². The summed E-state index contributed by atoms with van der Waals surface area (Å²) in [6, 6.07) is 0. The molecule has 0 aromatic rings. The van der Waals surface area contributed by atoms with Crippen molar-refractivity contribution in [1.29, 1.82) is 0 Å². The lowest BCUT2D eigenvalue weighted by molar-refractivity contribution is -0.159. The van der Waals surface area contributed by atoms with Crippen LogP contribution < -0.4 is 0 Å². The van der Waals surface area contributed by atoms with Gasteiger partial charge >= 0.3 is 11.9 Å². The van der Waals surface area contributed by atoms with Gasteiger partial charge in [0.1, 0.15) is 0 Å². The molecule has 0 aromatic carbocycles. The van der Waals surface area contributed by atoms with Gasteiger partial charge in [-0.3, -0.25) is 9.59 Å². The molecule has 2 atom stereocenters. The van der Waals surface area contributed by atoms with E-state index in [9.17, 15) is 18.4 Å². The topological polar surface area (TPSA) is 52.6 Å². The van der Waals surface area contributed by atoms with E-state index in [0.717, 1.165) is 64.2 Å². The van der Waals surface area contributed by atoms with Crippen molar-refractivity contribution in [3.8, 4) is 0 Å². The summed E-state index contributed by atoms with van der Waals surface area (Å²) in [7, 11) is 0. The fourth-order valence-electron chi connectivity index (χ4n) is 6.41. The van der Waals surface area contributed by atoms with Crippen LogP contribution in [0.5, 0.6) is 0 Å². The Morgan fingerprint density at radius 1 is 0.354 bits per heavy atom. The van der Waals surface area contributed by atoms with Gasteiger partial charge in [0, 0.05) is 25.7 Å². The van der Waals surface area contributed by atoms with Crippen LogP contribution in [0, 0.1) is 0 Å². The predicted octanol–water partition coefficient (Wildman–Crippen LogP) is 14.7. The molecule has 6 heteroatoms. The Kier molecular flexibility index (Phi) is 37.6. The third kappa shape index (κ3) is 37.6. The van der Waals surface area contributed by atoms with Crippen molar-refractivity contribution in [3.63, 3.8) is 0 Å². The highest BCUT2D eigenvalue weighted by Gasteiger charge is 2.13. The third-order valence-corrected chi connectivity index (χ3v) is 9.60. The molecule has 0 heterocycles. The molecule has 0 amide bonds. The van der Waals surface area contributed by atoms with E-state index in [0.29, 0.717) is 25.7 Å². The van der Waals surface area contributed by atoms with Crippen molar-refractivity contribution < 1.29 is 27.8 Å². The molecule has 0 radical (unpaired) electrons. The highest BCUT2D eigenvalue weighted by molar-refractivity contribution is 5.69. The van der Waals surface area contributed by atoms with Crippen molar-refractivity contribution in [2.24, 2.45) is 0 Å². The zero-order valence-corrected chi connectivity index (χ0v) is 32.0. The summed E-state index contributed by atoms with van der Waals surface area (Å²) in [5, 5.41) is 0. The van der Waals surface area contributed by atoms with Crippen LogP contribution in [-0.2, 0) is 19.1 Å². The van der Waals surface area contributed by atoms with E-state index >= 15 is 0 Å². The van der Waals surface area contributed by atoms with E-state index in [4.69, 9.17) is 9.47 Å². The number of hydrogen-bond donors (Lipinski definition) is 0. The second kappa shape index (κ2) is 38.6. The second-order valence-electron chi connectivity index (χ2n) is 14.5. The van der Waals surface area contributed by atoms with Gasteiger partial charge in [0.25, 0.3) is 0 Å². The van der Waals surface area contributed by atoms with Crippen LogP contribution in [0.2, 0.25) is 0 Å². The molecular formula is C42H80F2O4. The predicted molar refractivity (Wildman–Crippen MR) is 200 cm³/mol. The smallest absolute Gasteiger partial charge is 0.308 e. The number of rotatable bonds is 39. The molecule has 0 aliphatic heterocycles. The molecule has 0 rings (SSSR count). The van der Waals surface area contributed by atoms with Gasteiger partial charge in [-0.15, -0.1) is 0 Å². The Hall–Kier alpha value is -1.20. The SMILES string of the molecule is CCCCCCCCCCCCCCCC(F)OC(=O)CCCCCCCCC(=O)OC(F)CCCCCCCCCCCCCCC. The van der Waals surface area contributed by atoms with E-state index in [1.807, 2.05) is 0 Å². The average molecular weight is 687 g/mol. The molecule has 0 saturated carbocycles. The van der Waals surface area contributed by atoms with Gasteiger partial charge in [-0.1, -0.05) is 194 Å². The lowest BCUT2D eigenvalue weighted by Gasteiger charge is -2.10. The van der Waals surface area contributed by atoms with Crippen molar-refractivity contribution in [3.05, 3.63) is 0 Å². The fraction of sp³-hybridized carbons (Fsp3) is 0.952. The number of hydrogen-bond acceptors (Lipinski definition) is 4. The summed E-state index contributed by atoms with van der Waals surface area (Å²) < 4.78 is 37.9. The fourth-order valence-corrected chi connectivity index (χ4v) is 6.41. The summed E-state index contributed by atoms with van der Waals surface area (Å²) in [5.41, 5.74) is 0. The maximum absolute atomic E-state index is 14.0. The highest BCUT2D eigenvalue weighted by atomic mass is 19.1. The van der Waals surface area contributed by atoms with Gasteiger partial charge in [0.2, 0.25) is 12.7 Å². The summed E-state index contributed by atoms with van der Waals surface area (Å²) in [6.45, 7) is 4.51. The molecule has 286 valence electrons. The quantitative estimate of drug-likeness (QED) is 0.0477. The minimum atomic E-state index is -1.48. The summed E-state index contributed by atoms with van der Waals surface area (Å²) in [6.07, 6.45) is 35.6. The number of unbranched alkanes of at least 4 members (excludes halogenated alkanes) is 29. The second-order valence-corrected chi connectivity index (χ2v) is 14.5. The largest absolute Gasteiger partial charge is 0.431 e. The molecule has 0 aromatic heterocycles.